The predicted molar refractivity (Wildman–Crippen MR) is 115 cm³/mol. The molecule has 0 aliphatic carbocycles. The Morgan fingerprint density at radius 3 is 2.61 bits per heavy atom. The van der Waals surface area contributed by atoms with Gasteiger partial charge in [0.15, 0.2) is 5.76 Å². The van der Waals surface area contributed by atoms with Crippen LogP contribution in [0.2, 0.25) is 0 Å². The number of rotatable bonds is 4. The molecule has 1 unspecified atom stereocenters. The number of nitrogens with zero attached hydrogens (tertiary/aromatic N) is 4. The fraction of sp³-hybridized carbons (Fsp3) is 0.542. The van der Waals surface area contributed by atoms with Crippen molar-refractivity contribution in [3.05, 3.63) is 54.2 Å². The molecule has 3 aliphatic rings. The van der Waals surface area contributed by atoms with E-state index in [1.165, 1.54) is 11.8 Å². The third-order valence-corrected chi connectivity index (χ3v) is 7.79. The number of piperidine rings is 1. The van der Waals surface area contributed by atoms with Crippen molar-refractivity contribution in [2.75, 3.05) is 39.3 Å². The Morgan fingerprint density at radius 1 is 1.13 bits per heavy atom. The number of hydrogen-bond donors (Lipinski definition) is 0. The van der Waals surface area contributed by atoms with Crippen LogP contribution in [-0.2, 0) is 11.3 Å². The van der Waals surface area contributed by atoms with E-state index in [4.69, 9.17) is 4.42 Å². The molecule has 3 aliphatic heterocycles. The van der Waals surface area contributed by atoms with Crippen LogP contribution in [0.4, 0.5) is 0 Å². The van der Waals surface area contributed by atoms with Crippen LogP contribution in [0.25, 0.3) is 0 Å². The smallest absolute Gasteiger partial charge is 0.289 e. The minimum atomic E-state index is -0.342. The van der Waals surface area contributed by atoms with Crippen molar-refractivity contribution < 1.29 is 14.0 Å². The van der Waals surface area contributed by atoms with Gasteiger partial charge in [0.1, 0.15) is 0 Å². The summed E-state index contributed by atoms with van der Waals surface area (Å²) in [5.41, 5.74) is 0.749. The summed E-state index contributed by atoms with van der Waals surface area (Å²) in [6, 6.07) is 7.54. The van der Waals surface area contributed by atoms with E-state index in [0.29, 0.717) is 24.8 Å². The molecule has 0 radical (unpaired) electrons. The van der Waals surface area contributed by atoms with Gasteiger partial charge in [0.2, 0.25) is 5.91 Å². The quantitative estimate of drug-likeness (QED) is 0.758. The molecule has 5 rings (SSSR count). The molecule has 1 atom stereocenters. The summed E-state index contributed by atoms with van der Waals surface area (Å²) in [6.45, 7) is 7.51. The molecule has 3 fully saturated rings. The predicted octanol–water partition coefficient (Wildman–Crippen LogP) is 2.65. The monoisotopic (exact) mass is 422 g/mol. The minimum Gasteiger partial charge on any atom is -0.459 e. The molecule has 2 aromatic heterocycles. The molecule has 0 N–H and O–H groups in total. The molecule has 2 aromatic rings. The number of likely N-dealkylation sites (tertiary alicyclic amines) is 3. The van der Waals surface area contributed by atoms with Crippen molar-refractivity contribution in [1.82, 2.24) is 19.7 Å². The third kappa shape index (κ3) is 3.26. The lowest BCUT2D eigenvalue weighted by atomic mass is 9.60. The lowest BCUT2D eigenvalue weighted by Gasteiger charge is -2.46. The van der Waals surface area contributed by atoms with Gasteiger partial charge >= 0.3 is 0 Å². The number of carbonyl (C=O) groups is 2. The summed E-state index contributed by atoms with van der Waals surface area (Å²) in [7, 11) is 0. The molecule has 7 heteroatoms. The SMILES string of the molecule is CCN1CCC2(CN(Cc3cccnc3)CC23CCN(C(=O)c2ccco2)CC3)C1=O. The molecule has 0 saturated carbocycles. The summed E-state index contributed by atoms with van der Waals surface area (Å²) >= 11 is 0. The molecule has 2 amide bonds. The molecular formula is C24H30N4O3. The highest BCUT2D eigenvalue weighted by atomic mass is 16.3. The van der Waals surface area contributed by atoms with Crippen LogP contribution in [0, 0.1) is 10.8 Å². The highest BCUT2D eigenvalue weighted by molar-refractivity contribution is 5.91. The van der Waals surface area contributed by atoms with E-state index < -0.39 is 0 Å². The van der Waals surface area contributed by atoms with E-state index in [9.17, 15) is 9.59 Å². The Hall–Kier alpha value is -2.67. The zero-order chi connectivity index (χ0) is 21.5. The topological polar surface area (TPSA) is 69.9 Å². The van der Waals surface area contributed by atoms with Gasteiger partial charge in [0, 0.05) is 63.6 Å². The lowest BCUT2D eigenvalue weighted by Crippen LogP contribution is -2.53. The Bertz CT molecular complexity index is 937. The van der Waals surface area contributed by atoms with Crippen LogP contribution in [-0.4, -0.2) is 70.8 Å². The number of pyridine rings is 1. The van der Waals surface area contributed by atoms with Crippen molar-refractivity contribution in [3.63, 3.8) is 0 Å². The molecule has 3 saturated heterocycles. The molecule has 5 heterocycles. The van der Waals surface area contributed by atoms with Crippen molar-refractivity contribution in [2.24, 2.45) is 10.8 Å². The van der Waals surface area contributed by atoms with Gasteiger partial charge in [0.25, 0.3) is 5.91 Å². The van der Waals surface area contributed by atoms with Crippen LogP contribution >= 0.6 is 0 Å². The van der Waals surface area contributed by atoms with Gasteiger partial charge in [-0.2, -0.15) is 0 Å². The first kappa shape index (κ1) is 20.2. The van der Waals surface area contributed by atoms with Crippen LogP contribution in [0.5, 0.6) is 0 Å². The van der Waals surface area contributed by atoms with Gasteiger partial charge in [-0.15, -0.1) is 0 Å². The Labute approximate surface area is 183 Å². The van der Waals surface area contributed by atoms with Crippen LogP contribution in [0.15, 0.2) is 47.3 Å². The third-order valence-electron chi connectivity index (χ3n) is 7.79. The summed E-state index contributed by atoms with van der Waals surface area (Å²) < 4.78 is 5.32. The summed E-state index contributed by atoms with van der Waals surface area (Å²) in [5, 5.41) is 0. The number of aromatic nitrogens is 1. The fourth-order valence-corrected chi connectivity index (χ4v) is 6.15. The van der Waals surface area contributed by atoms with Crippen molar-refractivity contribution in [1.29, 1.82) is 0 Å². The minimum absolute atomic E-state index is 0.0490. The van der Waals surface area contributed by atoms with Crippen molar-refractivity contribution in [2.45, 2.75) is 32.7 Å². The number of carbonyl (C=O) groups excluding carboxylic acids is 2. The summed E-state index contributed by atoms with van der Waals surface area (Å²) in [4.78, 5) is 37.0. The first-order valence-electron chi connectivity index (χ1n) is 11.3. The number of furan rings is 1. The van der Waals surface area contributed by atoms with Crippen molar-refractivity contribution >= 4 is 11.8 Å². The van der Waals surface area contributed by atoms with Gasteiger partial charge < -0.3 is 14.2 Å². The summed E-state index contributed by atoms with van der Waals surface area (Å²) in [5.74, 6) is 0.658. The van der Waals surface area contributed by atoms with E-state index in [1.54, 1.807) is 18.3 Å². The average molecular weight is 423 g/mol. The zero-order valence-electron chi connectivity index (χ0n) is 18.1. The largest absolute Gasteiger partial charge is 0.459 e. The Morgan fingerprint density at radius 2 is 1.97 bits per heavy atom. The molecule has 7 nitrogen and oxygen atoms in total. The Balaban J connectivity index is 1.39. The second kappa shape index (κ2) is 7.79. The van der Waals surface area contributed by atoms with E-state index in [0.717, 1.165) is 52.0 Å². The first-order chi connectivity index (χ1) is 15.1. The molecule has 2 spiro atoms. The Kier molecular flexibility index (Phi) is 5.08. The standard InChI is InChI=1S/C24H30N4O3/c1-2-27-13-9-24(22(27)30)18-26(16-19-5-3-10-25-15-19)17-23(24)7-11-28(12-8-23)21(29)20-6-4-14-31-20/h3-6,10,14-15H,2,7-9,11-13,16-18H2,1H3. The molecule has 164 valence electrons. The van der Waals surface area contributed by atoms with Crippen molar-refractivity contribution in [3.8, 4) is 0 Å². The normalized spacial score (nSPS) is 25.8. The second-order valence-corrected chi connectivity index (χ2v) is 9.27. The maximum absolute atomic E-state index is 13.6. The van der Waals surface area contributed by atoms with Gasteiger partial charge in [-0.25, -0.2) is 0 Å². The summed E-state index contributed by atoms with van der Waals surface area (Å²) in [6.07, 6.45) is 7.87. The molecular weight excluding hydrogens is 392 g/mol. The number of hydrogen-bond acceptors (Lipinski definition) is 5. The van der Waals surface area contributed by atoms with E-state index in [-0.39, 0.29) is 16.7 Å². The maximum atomic E-state index is 13.6. The maximum Gasteiger partial charge on any atom is 0.289 e. The van der Waals surface area contributed by atoms with E-state index >= 15 is 0 Å². The van der Waals surface area contributed by atoms with Crippen LogP contribution < -0.4 is 0 Å². The average Bonchev–Trinajstić information content (AvgIpc) is 3.50. The zero-order valence-corrected chi connectivity index (χ0v) is 18.1. The van der Waals surface area contributed by atoms with Crippen LogP contribution in [0.1, 0.15) is 42.3 Å². The lowest BCUT2D eigenvalue weighted by molar-refractivity contribution is -0.141. The van der Waals surface area contributed by atoms with Gasteiger partial charge in [-0.3, -0.25) is 19.5 Å². The van der Waals surface area contributed by atoms with E-state index in [2.05, 4.69) is 22.9 Å². The number of fused-ring (bicyclic) bond motifs is 1. The molecule has 0 aromatic carbocycles. The fourth-order valence-electron chi connectivity index (χ4n) is 6.15. The number of amides is 2. The van der Waals surface area contributed by atoms with E-state index in [1.807, 2.05) is 22.1 Å². The highest BCUT2D eigenvalue weighted by Gasteiger charge is 2.64. The van der Waals surface area contributed by atoms with Gasteiger partial charge in [0.05, 0.1) is 11.7 Å². The van der Waals surface area contributed by atoms with Gasteiger partial charge in [-0.05, 0) is 49.9 Å². The highest BCUT2D eigenvalue weighted by Crippen LogP contribution is 2.58. The molecule has 31 heavy (non-hydrogen) atoms. The first-order valence-corrected chi connectivity index (χ1v) is 11.3. The second-order valence-electron chi connectivity index (χ2n) is 9.27. The molecule has 0 bridgehead atoms. The van der Waals surface area contributed by atoms with Crippen LogP contribution in [0.3, 0.4) is 0 Å². The van der Waals surface area contributed by atoms with Gasteiger partial charge in [-0.1, -0.05) is 6.07 Å².